The fourth-order valence-corrected chi connectivity index (χ4v) is 1.53. The molecule has 0 aromatic heterocycles. The van der Waals surface area contributed by atoms with Crippen LogP contribution >= 0.6 is 12.2 Å². The highest BCUT2D eigenvalue weighted by Gasteiger charge is 1.97. The van der Waals surface area contributed by atoms with Crippen molar-refractivity contribution < 1.29 is 0 Å². The van der Waals surface area contributed by atoms with Crippen molar-refractivity contribution in [2.24, 2.45) is 5.10 Å². The molecular formula is C13H19N3S. The van der Waals surface area contributed by atoms with E-state index in [2.05, 4.69) is 54.0 Å². The van der Waals surface area contributed by atoms with Gasteiger partial charge in [-0.2, -0.15) is 5.10 Å². The Morgan fingerprint density at radius 3 is 2.53 bits per heavy atom. The molecular weight excluding hydrogens is 230 g/mol. The van der Waals surface area contributed by atoms with E-state index in [0.717, 1.165) is 12.1 Å². The van der Waals surface area contributed by atoms with Gasteiger partial charge in [0.25, 0.3) is 0 Å². The lowest BCUT2D eigenvalue weighted by Gasteiger charge is -2.05. The van der Waals surface area contributed by atoms with Crippen LogP contribution in [0, 0.1) is 0 Å². The average molecular weight is 249 g/mol. The molecule has 92 valence electrons. The monoisotopic (exact) mass is 249 g/mol. The molecule has 0 saturated carbocycles. The van der Waals surface area contributed by atoms with E-state index in [-0.39, 0.29) is 0 Å². The highest BCUT2D eigenvalue weighted by atomic mass is 32.1. The number of hydrogen-bond acceptors (Lipinski definition) is 2. The van der Waals surface area contributed by atoms with Crippen LogP contribution in [0.3, 0.4) is 0 Å². The zero-order chi connectivity index (χ0) is 12.7. The van der Waals surface area contributed by atoms with Crippen LogP contribution in [-0.4, -0.2) is 17.9 Å². The van der Waals surface area contributed by atoms with E-state index in [0.29, 0.717) is 11.0 Å². The second-order valence-corrected chi connectivity index (χ2v) is 4.46. The number of benzene rings is 1. The Morgan fingerprint density at radius 1 is 1.35 bits per heavy atom. The van der Waals surface area contributed by atoms with Crippen LogP contribution in [0.2, 0.25) is 0 Å². The number of hydrazone groups is 1. The summed E-state index contributed by atoms with van der Waals surface area (Å²) in [6.45, 7) is 7.14. The van der Waals surface area contributed by atoms with Gasteiger partial charge < -0.3 is 5.32 Å². The van der Waals surface area contributed by atoms with Gasteiger partial charge in [-0.15, -0.1) is 0 Å². The maximum absolute atomic E-state index is 4.99. The first kappa shape index (κ1) is 13.6. The van der Waals surface area contributed by atoms with E-state index < -0.39 is 0 Å². The molecule has 1 rings (SSSR count). The fraction of sp³-hybridized carbons (Fsp3) is 0.385. The molecule has 0 amide bonds. The minimum atomic E-state index is 0.544. The molecule has 0 aliphatic heterocycles. The average Bonchev–Trinajstić information content (AvgIpc) is 2.30. The van der Waals surface area contributed by atoms with Crippen molar-refractivity contribution in [3.63, 3.8) is 0 Å². The minimum absolute atomic E-state index is 0.544. The van der Waals surface area contributed by atoms with E-state index in [9.17, 15) is 0 Å². The van der Waals surface area contributed by atoms with E-state index in [1.807, 2.05) is 6.92 Å². The van der Waals surface area contributed by atoms with Crippen molar-refractivity contribution in [1.82, 2.24) is 10.7 Å². The zero-order valence-corrected chi connectivity index (χ0v) is 11.3. The van der Waals surface area contributed by atoms with Crippen LogP contribution in [0.4, 0.5) is 0 Å². The molecule has 0 aliphatic rings. The third-order valence-corrected chi connectivity index (χ3v) is 2.56. The summed E-state index contributed by atoms with van der Waals surface area (Å²) < 4.78 is 0. The van der Waals surface area contributed by atoms with Gasteiger partial charge in [-0.3, -0.25) is 5.43 Å². The molecule has 2 N–H and O–H groups in total. The second-order valence-electron chi connectivity index (χ2n) is 4.05. The molecule has 0 aliphatic carbocycles. The van der Waals surface area contributed by atoms with Crippen molar-refractivity contribution in [2.45, 2.75) is 26.7 Å². The third kappa shape index (κ3) is 4.95. The maximum atomic E-state index is 4.99. The zero-order valence-electron chi connectivity index (χ0n) is 10.5. The molecule has 1 aromatic carbocycles. The van der Waals surface area contributed by atoms with Crippen LogP contribution in [0.15, 0.2) is 29.4 Å². The normalized spacial score (nSPS) is 10.8. The Bertz CT molecular complexity index is 382. The summed E-state index contributed by atoms with van der Waals surface area (Å²) in [6, 6.07) is 8.34. The Balaban J connectivity index is 2.51. The maximum Gasteiger partial charge on any atom is 0.186 e. The summed E-state index contributed by atoms with van der Waals surface area (Å²) >= 11 is 4.99. The van der Waals surface area contributed by atoms with Gasteiger partial charge in [0.05, 0.1) is 6.21 Å². The summed E-state index contributed by atoms with van der Waals surface area (Å²) in [6.07, 6.45) is 1.76. The van der Waals surface area contributed by atoms with E-state index in [1.165, 1.54) is 5.56 Å². The summed E-state index contributed by atoms with van der Waals surface area (Å²) in [5.41, 5.74) is 5.15. The van der Waals surface area contributed by atoms with Crippen LogP contribution in [0.5, 0.6) is 0 Å². The number of hydrogen-bond donors (Lipinski definition) is 2. The molecule has 0 radical (unpaired) electrons. The Hall–Kier alpha value is -1.42. The van der Waals surface area contributed by atoms with Crippen LogP contribution in [-0.2, 0) is 0 Å². The molecule has 0 atom stereocenters. The molecule has 0 fully saturated rings. The van der Waals surface area contributed by atoms with Gasteiger partial charge in [0, 0.05) is 6.54 Å². The number of thiocarbonyl (C=S) groups is 1. The molecule has 1 aromatic rings. The van der Waals surface area contributed by atoms with Crippen molar-refractivity contribution >= 4 is 23.5 Å². The highest BCUT2D eigenvalue weighted by molar-refractivity contribution is 7.80. The lowest BCUT2D eigenvalue weighted by molar-refractivity contribution is 0.866. The highest BCUT2D eigenvalue weighted by Crippen LogP contribution is 2.13. The van der Waals surface area contributed by atoms with Gasteiger partial charge in [0.1, 0.15) is 0 Å². The number of nitrogens with one attached hydrogen (secondary N) is 2. The first-order valence-electron chi connectivity index (χ1n) is 5.80. The van der Waals surface area contributed by atoms with E-state index >= 15 is 0 Å². The van der Waals surface area contributed by atoms with Gasteiger partial charge >= 0.3 is 0 Å². The lowest BCUT2D eigenvalue weighted by atomic mass is 10.0. The predicted octanol–water partition coefficient (Wildman–Crippen LogP) is 2.63. The van der Waals surface area contributed by atoms with E-state index in [4.69, 9.17) is 12.2 Å². The van der Waals surface area contributed by atoms with Crippen molar-refractivity contribution in [3.05, 3.63) is 35.4 Å². The smallest absolute Gasteiger partial charge is 0.186 e. The van der Waals surface area contributed by atoms with Gasteiger partial charge in [-0.05, 0) is 36.2 Å². The van der Waals surface area contributed by atoms with Crippen molar-refractivity contribution in [1.29, 1.82) is 0 Å². The van der Waals surface area contributed by atoms with Crippen LogP contribution < -0.4 is 10.7 Å². The minimum Gasteiger partial charge on any atom is -0.362 e. The van der Waals surface area contributed by atoms with Crippen LogP contribution in [0.1, 0.15) is 37.8 Å². The largest absolute Gasteiger partial charge is 0.362 e. The number of nitrogens with zero attached hydrogens (tertiary/aromatic N) is 1. The second kappa shape index (κ2) is 7.01. The lowest BCUT2D eigenvalue weighted by Crippen LogP contribution is -2.31. The fourth-order valence-electron chi connectivity index (χ4n) is 1.33. The molecule has 17 heavy (non-hydrogen) atoms. The number of rotatable bonds is 4. The third-order valence-electron chi connectivity index (χ3n) is 2.32. The van der Waals surface area contributed by atoms with Gasteiger partial charge in [-0.1, -0.05) is 38.1 Å². The SMILES string of the molecule is CCNC(=S)N/N=C/c1ccc(C(C)C)cc1. The Kier molecular flexibility index (Phi) is 5.63. The Morgan fingerprint density at radius 2 is 2.00 bits per heavy atom. The predicted molar refractivity (Wildman–Crippen MR) is 77.5 cm³/mol. The first-order valence-corrected chi connectivity index (χ1v) is 6.21. The van der Waals surface area contributed by atoms with Gasteiger partial charge in [0.15, 0.2) is 5.11 Å². The molecule has 0 saturated heterocycles. The molecule has 0 bridgehead atoms. The first-order chi connectivity index (χ1) is 8.13. The van der Waals surface area contributed by atoms with Gasteiger partial charge in [0.2, 0.25) is 0 Å². The summed E-state index contributed by atoms with van der Waals surface area (Å²) in [7, 11) is 0. The Labute approximate surface area is 108 Å². The molecule has 0 spiro atoms. The molecule has 4 heteroatoms. The van der Waals surface area contributed by atoms with E-state index in [1.54, 1.807) is 6.21 Å². The summed E-state index contributed by atoms with van der Waals surface area (Å²) in [4.78, 5) is 0. The quantitative estimate of drug-likeness (QED) is 0.489. The molecule has 3 nitrogen and oxygen atoms in total. The summed E-state index contributed by atoms with van der Waals surface area (Å²) in [5.74, 6) is 0.556. The molecule has 0 unspecified atom stereocenters. The summed E-state index contributed by atoms with van der Waals surface area (Å²) in [5, 5.41) is 7.56. The van der Waals surface area contributed by atoms with Crippen LogP contribution in [0.25, 0.3) is 0 Å². The van der Waals surface area contributed by atoms with Crippen molar-refractivity contribution in [2.75, 3.05) is 6.54 Å². The standard InChI is InChI=1S/C13H19N3S/c1-4-14-13(17)16-15-9-11-5-7-12(8-6-11)10(2)3/h5-10H,4H2,1-3H3,(H2,14,16,17)/b15-9+. The van der Waals surface area contributed by atoms with Crippen molar-refractivity contribution in [3.8, 4) is 0 Å². The van der Waals surface area contributed by atoms with Gasteiger partial charge in [-0.25, -0.2) is 0 Å². The molecule has 0 heterocycles. The topological polar surface area (TPSA) is 36.4 Å².